The third kappa shape index (κ3) is 15.3. The highest BCUT2D eigenvalue weighted by atomic mass is 79.9. The fourth-order valence-electron chi connectivity index (χ4n) is 7.38. The number of carbonyl (C=O) groups excluding carboxylic acids is 1. The van der Waals surface area contributed by atoms with Crippen LogP contribution in [0.2, 0.25) is 0 Å². The van der Waals surface area contributed by atoms with Crippen molar-refractivity contribution < 1.29 is 27.8 Å². The third-order valence-corrected chi connectivity index (χ3v) is 11.6. The number of fused-ring (bicyclic) bond motifs is 2. The van der Waals surface area contributed by atoms with E-state index in [0.717, 1.165) is 102 Å². The number of unbranched alkanes of at least 4 members (excludes halogenated alkanes) is 6. The molecule has 1 N–H and O–H groups in total. The van der Waals surface area contributed by atoms with E-state index in [2.05, 4.69) is 51.0 Å². The SMILES string of the molecule is CCCn1nc(-c2ccc(OCCCCCCN(C)C(=O)OC(C)(C)C)cc2F)c2ccc(Br)cc21.CCCn1nc(-c2ccc(OCCCCCCNC)cc2F)c2ccc(Br)cc21. The van der Waals surface area contributed by atoms with E-state index in [9.17, 15) is 9.18 Å². The van der Waals surface area contributed by atoms with Crippen LogP contribution in [0.1, 0.15) is 98.8 Å². The molecule has 0 spiro atoms. The van der Waals surface area contributed by atoms with Gasteiger partial charge in [0.2, 0.25) is 0 Å². The second-order valence-corrected chi connectivity index (χ2v) is 19.1. The Hall–Kier alpha value is -4.53. The van der Waals surface area contributed by atoms with Gasteiger partial charge in [0.15, 0.2) is 0 Å². The van der Waals surface area contributed by atoms with E-state index in [1.807, 2.05) is 79.6 Å². The highest BCUT2D eigenvalue weighted by Gasteiger charge is 2.20. The molecule has 0 aliphatic heterocycles. The van der Waals surface area contributed by atoms with Crippen molar-refractivity contribution in [1.29, 1.82) is 0 Å². The van der Waals surface area contributed by atoms with Gasteiger partial charge in [0.05, 0.1) is 24.2 Å². The molecule has 0 radical (unpaired) electrons. The molecule has 0 saturated carbocycles. The van der Waals surface area contributed by atoms with Gasteiger partial charge in [0.1, 0.15) is 40.1 Å². The quantitative estimate of drug-likeness (QED) is 0.0677. The summed E-state index contributed by atoms with van der Waals surface area (Å²) in [4.78, 5) is 13.6. The second kappa shape index (κ2) is 25.4. The first kappa shape index (κ1) is 51.5. The van der Waals surface area contributed by atoms with Gasteiger partial charge in [-0.1, -0.05) is 71.4 Å². The van der Waals surface area contributed by atoms with Crippen LogP contribution in [0.25, 0.3) is 44.3 Å². The molecule has 2 aromatic heterocycles. The first-order valence-corrected chi connectivity index (χ1v) is 24.6. The molecule has 352 valence electrons. The summed E-state index contributed by atoms with van der Waals surface area (Å²) in [7, 11) is 3.72. The standard InChI is InChI=1S/C28H37BrFN3O3.C23H29BrFN3O/c1-6-15-33-25-18-20(29)11-13-23(25)26(31-33)22-14-12-21(19-24(22)30)35-17-10-8-7-9-16-32(5)27(34)36-28(2,3)4;1-3-13-28-22-15-17(24)8-10-20(22)23(27-28)19-11-9-18(16-21(19)25)29-14-7-5-4-6-12-26-2/h11-14,18-19H,6-10,15-17H2,1-5H3;8-11,15-16,26H,3-7,12-14H2,1-2H3. The molecule has 0 bridgehead atoms. The highest BCUT2D eigenvalue weighted by molar-refractivity contribution is 9.10. The molecule has 0 saturated heterocycles. The van der Waals surface area contributed by atoms with Gasteiger partial charge in [-0.2, -0.15) is 10.2 Å². The molecule has 4 aromatic carbocycles. The van der Waals surface area contributed by atoms with Crippen molar-refractivity contribution in [3.8, 4) is 34.0 Å². The van der Waals surface area contributed by atoms with E-state index in [-0.39, 0.29) is 17.7 Å². The molecule has 0 fully saturated rings. The number of carbonyl (C=O) groups is 1. The maximum atomic E-state index is 15.1. The van der Waals surface area contributed by atoms with E-state index in [0.29, 0.717) is 53.8 Å². The van der Waals surface area contributed by atoms with Crippen molar-refractivity contribution in [3.63, 3.8) is 0 Å². The summed E-state index contributed by atoms with van der Waals surface area (Å²) in [5.74, 6) is 0.439. The zero-order valence-electron chi connectivity index (χ0n) is 39.1. The van der Waals surface area contributed by atoms with E-state index < -0.39 is 5.60 Å². The molecule has 2 heterocycles. The maximum absolute atomic E-state index is 15.1. The minimum absolute atomic E-state index is 0.297. The van der Waals surface area contributed by atoms with Crippen molar-refractivity contribution in [1.82, 2.24) is 29.8 Å². The smallest absolute Gasteiger partial charge is 0.410 e. The Kier molecular flexibility index (Phi) is 20.1. The number of aromatic nitrogens is 4. The number of benzene rings is 4. The molecule has 0 atom stereocenters. The monoisotopic (exact) mass is 1020 g/mol. The Bertz CT molecular complexity index is 2450. The van der Waals surface area contributed by atoms with E-state index >= 15 is 4.39 Å². The Balaban J connectivity index is 0.000000250. The molecule has 0 unspecified atom stereocenters. The van der Waals surface area contributed by atoms with Gasteiger partial charge in [-0.15, -0.1) is 0 Å². The topological polar surface area (TPSA) is 95.7 Å². The maximum Gasteiger partial charge on any atom is 0.410 e. The number of amides is 1. The summed E-state index contributed by atoms with van der Waals surface area (Å²) in [5, 5.41) is 14.4. The zero-order chi connectivity index (χ0) is 46.9. The predicted molar refractivity (Wildman–Crippen MR) is 267 cm³/mol. The van der Waals surface area contributed by atoms with Crippen LogP contribution in [0.5, 0.6) is 11.5 Å². The normalized spacial score (nSPS) is 11.5. The summed E-state index contributed by atoms with van der Waals surface area (Å²) in [6, 6.07) is 22.0. The lowest BCUT2D eigenvalue weighted by molar-refractivity contribution is 0.0296. The summed E-state index contributed by atoms with van der Waals surface area (Å²) >= 11 is 7.04. The number of nitrogens with one attached hydrogen (secondary N) is 1. The van der Waals surface area contributed by atoms with E-state index in [1.165, 1.54) is 25.0 Å². The summed E-state index contributed by atoms with van der Waals surface area (Å²) < 4.78 is 52.7. The fraction of sp³-hybridized carbons (Fsp3) is 0.471. The predicted octanol–water partition coefficient (Wildman–Crippen LogP) is 14.0. The number of hydrogen-bond acceptors (Lipinski definition) is 7. The van der Waals surface area contributed by atoms with Crippen LogP contribution in [-0.2, 0) is 17.8 Å². The summed E-state index contributed by atoms with van der Waals surface area (Å²) in [6.45, 7) is 14.2. The number of aryl methyl sites for hydroxylation is 2. The molecule has 0 aliphatic carbocycles. The molecule has 0 aliphatic rings. The zero-order valence-corrected chi connectivity index (χ0v) is 42.3. The number of hydrogen-bond donors (Lipinski definition) is 1. The van der Waals surface area contributed by atoms with Gasteiger partial charge in [-0.05, 0) is 134 Å². The lowest BCUT2D eigenvalue weighted by Crippen LogP contribution is -2.34. The number of ether oxygens (including phenoxy) is 3. The van der Waals surface area contributed by atoms with Crippen LogP contribution in [0.4, 0.5) is 13.6 Å². The van der Waals surface area contributed by atoms with Crippen LogP contribution < -0.4 is 14.8 Å². The van der Waals surface area contributed by atoms with Crippen molar-refractivity contribution in [2.45, 2.75) is 118 Å². The van der Waals surface area contributed by atoms with Crippen molar-refractivity contribution >= 4 is 59.8 Å². The number of nitrogens with zero attached hydrogens (tertiary/aromatic N) is 5. The third-order valence-electron chi connectivity index (χ3n) is 10.6. The number of halogens is 4. The first-order chi connectivity index (χ1) is 31.2. The number of rotatable bonds is 22. The van der Waals surface area contributed by atoms with Crippen molar-refractivity contribution in [2.24, 2.45) is 0 Å². The van der Waals surface area contributed by atoms with Crippen LogP contribution in [0.3, 0.4) is 0 Å². The minimum atomic E-state index is -0.484. The summed E-state index contributed by atoms with van der Waals surface area (Å²) in [5.41, 5.74) is 3.81. The molecule has 6 rings (SSSR count). The van der Waals surface area contributed by atoms with Crippen LogP contribution in [0.15, 0.2) is 81.7 Å². The van der Waals surface area contributed by atoms with E-state index in [1.54, 1.807) is 30.1 Å². The van der Waals surface area contributed by atoms with Gasteiger partial charge < -0.3 is 24.4 Å². The van der Waals surface area contributed by atoms with E-state index in [4.69, 9.17) is 24.4 Å². The Morgan fingerprint density at radius 3 is 1.57 bits per heavy atom. The van der Waals surface area contributed by atoms with Crippen molar-refractivity contribution in [3.05, 3.63) is 93.4 Å². The molecule has 1 amide bonds. The van der Waals surface area contributed by atoms with Crippen LogP contribution >= 0.6 is 31.9 Å². The molecule has 6 aromatic rings. The molecule has 10 nitrogen and oxygen atoms in total. The fourth-order valence-corrected chi connectivity index (χ4v) is 8.08. The average molecular weight is 1020 g/mol. The van der Waals surface area contributed by atoms with Gasteiger partial charge in [0.25, 0.3) is 0 Å². The van der Waals surface area contributed by atoms with Gasteiger partial charge >= 0.3 is 6.09 Å². The largest absolute Gasteiger partial charge is 0.493 e. The average Bonchev–Trinajstić information content (AvgIpc) is 3.79. The molecule has 14 heteroatoms. The van der Waals surface area contributed by atoms with Crippen LogP contribution in [-0.4, -0.2) is 76.6 Å². The van der Waals surface area contributed by atoms with Gasteiger partial charge in [-0.25, -0.2) is 13.6 Å². The Morgan fingerprint density at radius 2 is 1.14 bits per heavy atom. The molecular weight excluding hydrogens is 958 g/mol. The molecule has 65 heavy (non-hydrogen) atoms. The lowest BCUT2D eigenvalue weighted by Gasteiger charge is -2.24. The Morgan fingerprint density at radius 1 is 0.677 bits per heavy atom. The Labute approximate surface area is 400 Å². The van der Waals surface area contributed by atoms with Gasteiger partial charge in [0, 0.05) is 69.7 Å². The molecular formula is C51H66Br2F2N6O4. The minimum Gasteiger partial charge on any atom is -0.493 e. The summed E-state index contributed by atoms with van der Waals surface area (Å²) in [6.07, 6.45) is 9.78. The van der Waals surface area contributed by atoms with Gasteiger partial charge in [-0.3, -0.25) is 9.36 Å². The first-order valence-electron chi connectivity index (χ1n) is 23.0. The van der Waals surface area contributed by atoms with Crippen molar-refractivity contribution in [2.75, 3.05) is 40.4 Å². The second-order valence-electron chi connectivity index (χ2n) is 17.3. The highest BCUT2D eigenvalue weighted by Crippen LogP contribution is 2.35. The lowest BCUT2D eigenvalue weighted by atomic mass is 10.1. The van der Waals surface area contributed by atoms with Crippen LogP contribution in [0, 0.1) is 11.6 Å².